The number of hydrogen-bond acceptors (Lipinski definition) is 4. The fraction of sp³-hybridized carbons (Fsp3) is 0.350. The molecule has 132 valence electrons. The van der Waals surface area contributed by atoms with E-state index in [1.807, 2.05) is 60.4 Å². The van der Waals surface area contributed by atoms with Crippen molar-refractivity contribution in [2.75, 3.05) is 25.0 Å². The summed E-state index contributed by atoms with van der Waals surface area (Å²) >= 11 is 0. The van der Waals surface area contributed by atoms with Crippen LogP contribution in [0.15, 0.2) is 48.5 Å². The maximum atomic E-state index is 12.3. The van der Waals surface area contributed by atoms with Crippen LogP contribution in [-0.4, -0.2) is 41.7 Å². The lowest BCUT2D eigenvalue weighted by Crippen LogP contribution is -2.42. The van der Waals surface area contributed by atoms with Gasteiger partial charge >= 0.3 is 0 Å². The summed E-state index contributed by atoms with van der Waals surface area (Å²) in [7, 11) is 0. The van der Waals surface area contributed by atoms with Crippen molar-refractivity contribution in [1.29, 1.82) is 0 Å². The van der Waals surface area contributed by atoms with Crippen molar-refractivity contribution in [2.45, 2.75) is 25.9 Å². The van der Waals surface area contributed by atoms with Gasteiger partial charge in [-0.05, 0) is 50.6 Å². The van der Waals surface area contributed by atoms with E-state index in [1.54, 1.807) is 0 Å². The number of aliphatic hydroxyl groups is 1. The smallest absolute Gasteiger partial charge is 0.238 e. The van der Waals surface area contributed by atoms with Gasteiger partial charge in [0.05, 0.1) is 18.3 Å². The van der Waals surface area contributed by atoms with Gasteiger partial charge in [0.25, 0.3) is 0 Å². The van der Waals surface area contributed by atoms with Gasteiger partial charge < -0.3 is 15.2 Å². The highest BCUT2D eigenvalue weighted by Gasteiger charge is 2.20. The molecule has 1 heterocycles. The Bertz CT molecular complexity index is 715. The van der Waals surface area contributed by atoms with Gasteiger partial charge in [-0.3, -0.25) is 9.69 Å². The van der Waals surface area contributed by atoms with E-state index in [1.165, 1.54) is 0 Å². The number of carbonyl (C=O) groups excluding carboxylic acids is 1. The average molecular weight is 340 g/mol. The number of likely N-dealkylation sites (tertiary alicyclic amines) is 1. The number of para-hydroxylation sites is 2. The van der Waals surface area contributed by atoms with Crippen LogP contribution in [0, 0.1) is 6.92 Å². The minimum Gasteiger partial charge on any atom is -0.455 e. The standard InChI is InChI=1S/C20H24N2O3/c1-15-8-10-17(11-9-15)25-19-7-3-2-6-18(19)21-20(24)14-22-12-4-5-16(23)13-22/h2-3,6-11,16,23H,4-5,12-14H2,1H3,(H,21,24)/t16-/m1/s1. The summed E-state index contributed by atoms with van der Waals surface area (Å²) in [5.41, 5.74) is 1.81. The second kappa shape index (κ2) is 8.14. The largest absolute Gasteiger partial charge is 0.455 e. The molecule has 0 bridgehead atoms. The van der Waals surface area contributed by atoms with Crippen molar-refractivity contribution >= 4 is 11.6 Å². The summed E-state index contributed by atoms with van der Waals surface area (Å²) in [5.74, 6) is 1.24. The Balaban J connectivity index is 1.64. The van der Waals surface area contributed by atoms with Crippen LogP contribution in [0.5, 0.6) is 11.5 Å². The Morgan fingerprint density at radius 1 is 1.24 bits per heavy atom. The zero-order valence-corrected chi connectivity index (χ0v) is 14.4. The monoisotopic (exact) mass is 340 g/mol. The highest BCUT2D eigenvalue weighted by atomic mass is 16.5. The van der Waals surface area contributed by atoms with Gasteiger partial charge in [-0.25, -0.2) is 0 Å². The molecule has 2 aromatic carbocycles. The van der Waals surface area contributed by atoms with Crippen LogP contribution in [0.2, 0.25) is 0 Å². The highest BCUT2D eigenvalue weighted by Crippen LogP contribution is 2.29. The number of nitrogens with one attached hydrogen (secondary N) is 1. The van der Waals surface area contributed by atoms with Gasteiger partial charge in [0.2, 0.25) is 5.91 Å². The summed E-state index contributed by atoms with van der Waals surface area (Å²) in [6.45, 7) is 3.69. The van der Waals surface area contributed by atoms with E-state index in [0.29, 0.717) is 18.0 Å². The Kier molecular flexibility index (Phi) is 5.68. The Hall–Kier alpha value is -2.37. The summed E-state index contributed by atoms with van der Waals surface area (Å²) in [6, 6.07) is 15.2. The van der Waals surface area contributed by atoms with Crippen LogP contribution < -0.4 is 10.1 Å². The van der Waals surface area contributed by atoms with Crippen molar-refractivity contribution in [3.8, 4) is 11.5 Å². The lowest BCUT2D eigenvalue weighted by Gasteiger charge is -2.29. The Labute approximate surface area is 148 Å². The third kappa shape index (κ3) is 5.05. The molecule has 5 nitrogen and oxygen atoms in total. The SMILES string of the molecule is Cc1ccc(Oc2ccccc2NC(=O)CN2CCC[C@@H](O)C2)cc1. The average Bonchev–Trinajstić information content (AvgIpc) is 2.58. The second-order valence-corrected chi connectivity index (χ2v) is 6.49. The molecule has 0 aliphatic carbocycles. The summed E-state index contributed by atoms with van der Waals surface area (Å²) < 4.78 is 5.90. The number of piperidine rings is 1. The number of aryl methyl sites for hydroxylation is 1. The lowest BCUT2D eigenvalue weighted by molar-refractivity contribution is -0.118. The number of anilines is 1. The zero-order chi connectivity index (χ0) is 17.6. The van der Waals surface area contributed by atoms with Crippen molar-refractivity contribution < 1.29 is 14.6 Å². The first-order valence-electron chi connectivity index (χ1n) is 8.64. The van der Waals surface area contributed by atoms with Crippen LogP contribution in [0.4, 0.5) is 5.69 Å². The summed E-state index contributed by atoms with van der Waals surface area (Å²) in [4.78, 5) is 14.3. The molecule has 5 heteroatoms. The predicted molar refractivity (Wildman–Crippen MR) is 98.0 cm³/mol. The van der Waals surface area contributed by atoms with E-state index in [2.05, 4.69) is 5.32 Å². The van der Waals surface area contributed by atoms with Gasteiger partial charge in [0, 0.05) is 6.54 Å². The van der Waals surface area contributed by atoms with Crippen LogP contribution in [0.1, 0.15) is 18.4 Å². The predicted octanol–water partition coefficient (Wildman–Crippen LogP) is 3.18. The molecule has 25 heavy (non-hydrogen) atoms. The molecule has 0 saturated carbocycles. The third-order valence-corrected chi connectivity index (χ3v) is 4.26. The van der Waals surface area contributed by atoms with Crippen LogP contribution in [-0.2, 0) is 4.79 Å². The number of benzene rings is 2. The molecule has 0 spiro atoms. The molecule has 0 aromatic heterocycles. The van der Waals surface area contributed by atoms with Crippen LogP contribution in [0.25, 0.3) is 0 Å². The summed E-state index contributed by atoms with van der Waals surface area (Å²) in [5, 5.41) is 12.6. The number of aliphatic hydroxyl groups excluding tert-OH is 1. The van der Waals surface area contributed by atoms with Gasteiger partial charge in [-0.15, -0.1) is 0 Å². The lowest BCUT2D eigenvalue weighted by atomic mass is 10.1. The maximum Gasteiger partial charge on any atom is 0.238 e. The number of hydrogen-bond donors (Lipinski definition) is 2. The van der Waals surface area contributed by atoms with Crippen LogP contribution in [0.3, 0.4) is 0 Å². The molecule has 2 N–H and O–H groups in total. The Morgan fingerprint density at radius 3 is 2.76 bits per heavy atom. The molecular formula is C20H24N2O3. The van der Waals surface area contributed by atoms with Crippen molar-refractivity contribution in [3.05, 3.63) is 54.1 Å². The maximum absolute atomic E-state index is 12.3. The topological polar surface area (TPSA) is 61.8 Å². The number of ether oxygens (including phenoxy) is 1. The van der Waals surface area contributed by atoms with E-state index < -0.39 is 0 Å². The fourth-order valence-electron chi connectivity index (χ4n) is 2.96. The van der Waals surface area contributed by atoms with Crippen molar-refractivity contribution in [3.63, 3.8) is 0 Å². The van der Waals surface area contributed by atoms with E-state index in [0.717, 1.165) is 30.7 Å². The Morgan fingerprint density at radius 2 is 2.00 bits per heavy atom. The normalized spacial score (nSPS) is 17.9. The number of carbonyl (C=O) groups is 1. The van der Waals surface area contributed by atoms with Gasteiger partial charge in [0.15, 0.2) is 5.75 Å². The van der Waals surface area contributed by atoms with Crippen molar-refractivity contribution in [2.24, 2.45) is 0 Å². The first-order valence-corrected chi connectivity index (χ1v) is 8.64. The summed E-state index contributed by atoms with van der Waals surface area (Å²) in [6.07, 6.45) is 1.39. The molecule has 1 fully saturated rings. The first kappa shape index (κ1) is 17.5. The van der Waals surface area contributed by atoms with Gasteiger partial charge in [0.1, 0.15) is 5.75 Å². The number of rotatable bonds is 5. The number of amides is 1. The molecule has 2 aromatic rings. The molecule has 1 atom stereocenters. The third-order valence-electron chi connectivity index (χ3n) is 4.26. The van der Waals surface area contributed by atoms with E-state index in [4.69, 9.17) is 4.74 Å². The highest BCUT2D eigenvalue weighted by molar-refractivity contribution is 5.93. The van der Waals surface area contributed by atoms with E-state index in [-0.39, 0.29) is 18.6 Å². The minimum absolute atomic E-state index is 0.103. The molecule has 3 rings (SSSR count). The molecule has 0 unspecified atom stereocenters. The molecule has 1 aliphatic heterocycles. The molecule has 1 amide bonds. The fourth-order valence-corrected chi connectivity index (χ4v) is 2.96. The van der Waals surface area contributed by atoms with Crippen molar-refractivity contribution in [1.82, 2.24) is 4.90 Å². The van der Waals surface area contributed by atoms with E-state index >= 15 is 0 Å². The molecule has 1 saturated heterocycles. The second-order valence-electron chi connectivity index (χ2n) is 6.49. The minimum atomic E-state index is -0.335. The van der Waals surface area contributed by atoms with E-state index in [9.17, 15) is 9.90 Å². The number of nitrogens with zero attached hydrogens (tertiary/aromatic N) is 1. The van der Waals surface area contributed by atoms with Gasteiger partial charge in [-0.1, -0.05) is 29.8 Å². The molecule has 0 radical (unpaired) electrons. The quantitative estimate of drug-likeness (QED) is 0.877. The molecule has 1 aliphatic rings. The first-order chi connectivity index (χ1) is 12.1. The molecular weight excluding hydrogens is 316 g/mol. The number of β-amino-alcohol motifs (C(OH)–C–C–N with tert-alkyl or cyclic N) is 1. The van der Waals surface area contributed by atoms with Crippen LogP contribution >= 0.6 is 0 Å². The zero-order valence-electron chi connectivity index (χ0n) is 14.4. The van der Waals surface area contributed by atoms with Gasteiger partial charge in [-0.2, -0.15) is 0 Å².